The predicted octanol–water partition coefficient (Wildman–Crippen LogP) is 3.95. The number of hydrogen-bond donors (Lipinski definition) is 1. The van der Waals surface area contributed by atoms with E-state index in [0.717, 1.165) is 18.4 Å². The number of nitrogens with two attached hydrogens (primary N) is 1. The lowest BCUT2D eigenvalue weighted by Crippen LogP contribution is -2.54. The lowest BCUT2D eigenvalue weighted by atomic mass is 9.73. The van der Waals surface area contributed by atoms with E-state index in [1.54, 1.807) is 53.6 Å². The number of piperidine rings is 1. The summed E-state index contributed by atoms with van der Waals surface area (Å²) in [5.74, 6) is 0.104. The molecule has 0 aliphatic carbocycles. The Bertz CT molecular complexity index is 1100. The van der Waals surface area contributed by atoms with Gasteiger partial charge in [0, 0.05) is 38.3 Å². The Morgan fingerprint density at radius 2 is 1.94 bits per heavy atom. The van der Waals surface area contributed by atoms with Crippen LogP contribution in [-0.2, 0) is 11.2 Å². The summed E-state index contributed by atoms with van der Waals surface area (Å²) < 4.78 is 0. The first-order valence-corrected chi connectivity index (χ1v) is 11.6. The highest BCUT2D eigenvalue weighted by atomic mass is 32.1. The fourth-order valence-corrected chi connectivity index (χ4v) is 5.30. The number of nitrogens with zero attached hydrogens (tertiary/aromatic N) is 3. The molecule has 32 heavy (non-hydrogen) atoms. The van der Waals surface area contributed by atoms with Crippen molar-refractivity contribution in [2.75, 3.05) is 32.9 Å². The maximum atomic E-state index is 13.4. The van der Waals surface area contributed by atoms with Gasteiger partial charge in [0.2, 0.25) is 5.91 Å². The molecule has 1 aromatic carbocycles. The molecule has 0 spiro atoms. The number of aromatic nitrogens is 1. The second kappa shape index (κ2) is 9.12. The smallest absolute Gasteiger partial charge is 0.257 e. The number of carbonyl (C=O) groups excluding carboxylic acids is 2. The number of benzene rings is 1. The van der Waals surface area contributed by atoms with Gasteiger partial charge in [-0.3, -0.25) is 9.59 Å². The monoisotopic (exact) mass is 448 g/mol. The van der Waals surface area contributed by atoms with Crippen LogP contribution in [0.5, 0.6) is 0 Å². The number of rotatable bonds is 5. The molecule has 0 bridgehead atoms. The summed E-state index contributed by atoms with van der Waals surface area (Å²) in [6.45, 7) is 0.969. The normalized spacial score (nSPS) is 18.4. The second-order valence-electron chi connectivity index (χ2n) is 8.60. The highest BCUT2D eigenvalue weighted by molar-refractivity contribution is 7.13. The molecule has 0 radical (unpaired) electrons. The van der Waals surface area contributed by atoms with Gasteiger partial charge >= 0.3 is 0 Å². The average Bonchev–Trinajstić information content (AvgIpc) is 3.34. The van der Waals surface area contributed by atoms with Crippen molar-refractivity contribution in [1.29, 1.82) is 0 Å². The van der Waals surface area contributed by atoms with Gasteiger partial charge in [-0.2, -0.15) is 0 Å². The molecule has 4 rings (SSSR count). The summed E-state index contributed by atoms with van der Waals surface area (Å²) in [6.07, 6.45) is 3.66. The summed E-state index contributed by atoms with van der Waals surface area (Å²) in [5.41, 5.74) is 7.93. The molecule has 2 aromatic heterocycles. The molecule has 1 aliphatic heterocycles. The van der Waals surface area contributed by atoms with Crippen molar-refractivity contribution >= 4 is 29.0 Å². The van der Waals surface area contributed by atoms with E-state index in [1.807, 2.05) is 6.07 Å². The predicted molar refractivity (Wildman–Crippen MR) is 128 cm³/mol. The van der Waals surface area contributed by atoms with Crippen LogP contribution in [0.4, 0.5) is 5.82 Å². The molecule has 1 atom stereocenters. The zero-order valence-corrected chi connectivity index (χ0v) is 19.3. The SMILES string of the molecule is CN(C)C(=O)C1(Cc2ccc(-c3cccs3)cc2)CCCN(C(=O)c2cccnc2N)C1. The number of likely N-dealkylation sites (tertiary alicyclic amines) is 1. The van der Waals surface area contributed by atoms with E-state index < -0.39 is 5.41 Å². The maximum absolute atomic E-state index is 13.4. The molecular weight excluding hydrogens is 420 g/mol. The van der Waals surface area contributed by atoms with E-state index in [2.05, 4.69) is 40.7 Å². The minimum Gasteiger partial charge on any atom is -0.383 e. The summed E-state index contributed by atoms with van der Waals surface area (Å²) in [5, 5.41) is 2.07. The summed E-state index contributed by atoms with van der Waals surface area (Å²) in [4.78, 5) is 35.3. The Kier molecular flexibility index (Phi) is 6.28. The zero-order valence-electron chi connectivity index (χ0n) is 18.5. The van der Waals surface area contributed by atoms with Crippen LogP contribution in [0.3, 0.4) is 0 Å². The molecule has 6 nitrogen and oxygen atoms in total. The first-order chi connectivity index (χ1) is 15.4. The van der Waals surface area contributed by atoms with Crippen LogP contribution in [0.1, 0.15) is 28.8 Å². The number of hydrogen-bond acceptors (Lipinski definition) is 5. The first kappa shape index (κ1) is 22.0. The van der Waals surface area contributed by atoms with Gasteiger partial charge in [-0.25, -0.2) is 4.98 Å². The second-order valence-corrected chi connectivity index (χ2v) is 9.55. The average molecular weight is 449 g/mol. The van der Waals surface area contributed by atoms with Crippen molar-refractivity contribution < 1.29 is 9.59 Å². The van der Waals surface area contributed by atoms with Crippen molar-refractivity contribution in [3.63, 3.8) is 0 Å². The Labute approximate surface area is 192 Å². The third-order valence-electron chi connectivity index (χ3n) is 6.10. The van der Waals surface area contributed by atoms with Gasteiger partial charge in [-0.05, 0) is 54.0 Å². The molecule has 1 saturated heterocycles. The van der Waals surface area contributed by atoms with Crippen LogP contribution in [0.2, 0.25) is 0 Å². The molecule has 3 aromatic rings. The highest BCUT2D eigenvalue weighted by Gasteiger charge is 2.44. The third kappa shape index (κ3) is 4.39. The summed E-state index contributed by atoms with van der Waals surface area (Å²) >= 11 is 1.71. The first-order valence-electron chi connectivity index (χ1n) is 10.7. The number of carbonyl (C=O) groups is 2. The summed E-state index contributed by atoms with van der Waals surface area (Å²) in [7, 11) is 3.56. The van der Waals surface area contributed by atoms with Gasteiger partial charge in [0.05, 0.1) is 11.0 Å². The van der Waals surface area contributed by atoms with E-state index >= 15 is 0 Å². The van der Waals surface area contributed by atoms with Crippen molar-refractivity contribution in [3.05, 3.63) is 71.2 Å². The van der Waals surface area contributed by atoms with Crippen molar-refractivity contribution in [3.8, 4) is 10.4 Å². The molecule has 3 heterocycles. The Morgan fingerprint density at radius 3 is 2.59 bits per heavy atom. The van der Waals surface area contributed by atoms with Crippen LogP contribution in [0, 0.1) is 5.41 Å². The van der Waals surface area contributed by atoms with Crippen molar-refractivity contribution in [2.45, 2.75) is 19.3 Å². The van der Waals surface area contributed by atoms with Crippen LogP contribution >= 0.6 is 11.3 Å². The Balaban J connectivity index is 1.61. The standard InChI is InChI=1S/C25H28N4O2S/c1-28(2)24(31)25(16-18-8-10-19(11-9-18)21-7-4-15-32-21)12-5-14-29(17-25)23(30)20-6-3-13-27-22(20)26/h3-4,6-11,13,15H,5,12,14,16-17H2,1-2H3,(H2,26,27). The number of anilines is 1. The van der Waals surface area contributed by atoms with Crippen LogP contribution in [0.15, 0.2) is 60.1 Å². The molecule has 7 heteroatoms. The maximum Gasteiger partial charge on any atom is 0.257 e. The molecular formula is C25H28N4O2S. The minimum atomic E-state index is -0.668. The lowest BCUT2D eigenvalue weighted by Gasteiger charge is -2.43. The van der Waals surface area contributed by atoms with Gasteiger partial charge in [0.25, 0.3) is 5.91 Å². The molecule has 2 N–H and O–H groups in total. The third-order valence-corrected chi connectivity index (χ3v) is 7.01. The zero-order chi connectivity index (χ0) is 22.7. The van der Waals surface area contributed by atoms with Gasteiger partial charge in [0.15, 0.2) is 0 Å². The van der Waals surface area contributed by atoms with Crippen LogP contribution in [0.25, 0.3) is 10.4 Å². The quantitative estimate of drug-likeness (QED) is 0.641. The van der Waals surface area contributed by atoms with E-state index in [0.29, 0.717) is 25.1 Å². The highest BCUT2D eigenvalue weighted by Crippen LogP contribution is 2.37. The van der Waals surface area contributed by atoms with E-state index in [1.165, 1.54) is 10.4 Å². The van der Waals surface area contributed by atoms with Gasteiger partial charge < -0.3 is 15.5 Å². The van der Waals surface area contributed by atoms with Crippen LogP contribution in [-0.4, -0.2) is 53.8 Å². The molecule has 1 fully saturated rings. The van der Waals surface area contributed by atoms with E-state index in [9.17, 15) is 9.59 Å². The Morgan fingerprint density at radius 1 is 1.16 bits per heavy atom. The number of amides is 2. The van der Waals surface area contributed by atoms with Gasteiger partial charge in [0.1, 0.15) is 5.82 Å². The largest absolute Gasteiger partial charge is 0.383 e. The molecule has 166 valence electrons. The van der Waals surface area contributed by atoms with E-state index in [-0.39, 0.29) is 17.6 Å². The molecule has 0 saturated carbocycles. The topological polar surface area (TPSA) is 79.5 Å². The summed E-state index contributed by atoms with van der Waals surface area (Å²) in [6, 6.07) is 16.0. The van der Waals surface area contributed by atoms with Crippen molar-refractivity contribution in [1.82, 2.24) is 14.8 Å². The minimum absolute atomic E-state index is 0.0523. The molecule has 1 aliphatic rings. The number of nitrogen functional groups attached to an aromatic ring is 1. The van der Waals surface area contributed by atoms with Gasteiger partial charge in [-0.15, -0.1) is 11.3 Å². The fourth-order valence-electron chi connectivity index (χ4n) is 4.56. The fraction of sp³-hybridized carbons (Fsp3) is 0.320. The number of pyridine rings is 1. The van der Waals surface area contributed by atoms with Crippen LogP contribution < -0.4 is 5.73 Å². The van der Waals surface area contributed by atoms with E-state index in [4.69, 9.17) is 5.73 Å². The number of thiophene rings is 1. The van der Waals surface area contributed by atoms with Crippen molar-refractivity contribution in [2.24, 2.45) is 5.41 Å². The van der Waals surface area contributed by atoms with Gasteiger partial charge in [-0.1, -0.05) is 30.3 Å². The molecule has 2 amide bonds. The Hall–Kier alpha value is -3.19. The lowest BCUT2D eigenvalue weighted by molar-refractivity contribution is -0.142. The molecule has 1 unspecified atom stereocenters.